The highest BCUT2D eigenvalue weighted by Crippen LogP contribution is 2.30. The van der Waals surface area contributed by atoms with Gasteiger partial charge in [0.2, 0.25) is 10.0 Å². The van der Waals surface area contributed by atoms with E-state index in [1.165, 1.54) is 12.1 Å². The number of halogens is 2. The first kappa shape index (κ1) is 16.5. The molecule has 1 unspecified atom stereocenters. The summed E-state index contributed by atoms with van der Waals surface area (Å²) in [6.07, 6.45) is 0. The van der Waals surface area contributed by atoms with Gasteiger partial charge in [-0.15, -0.1) is 0 Å². The highest BCUT2D eigenvalue weighted by molar-refractivity contribution is 7.89. The number of sulfonamides is 1. The second-order valence-corrected chi connectivity index (χ2v) is 7.02. The van der Waals surface area contributed by atoms with Crippen LogP contribution >= 0.6 is 23.2 Å². The van der Waals surface area contributed by atoms with Crippen molar-refractivity contribution in [1.82, 2.24) is 9.62 Å². The predicted molar refractivity (Wildman–Crippen MR) is 79.2 cm³/mol. The van der Waals surface area contributed by atoms with Gasteiger partial charge in [-0.25, -0.2) is 13.1 Å². The summed E-state index contributed by atoms with van der Waals surface area (Å²) in [5.41, 5.74) is 5.71. The van der Waals surface area contributed by atoms with Crippen molar-refractivity contribution in [3.63, 3.8) is 0 Å². The molecule has 1 aromatic rings. The molecule has 0 amide bonds. The summed E-state index contributed by atoms with van der Waals surface area (Å²) >= 11 is 11.7. The van der Waals surface area contributed by atoms with Crippen molar-refractivity contribution in [2.24, 2.45) is 0 Å². The molecule has 0 saturated carbocycles. The monoisotopic (exact) mass is 325 g/mol. The van der Waals surface area contributed by atoms with Crippen molar-refractivity contribution >= 4 is 38.9 Å². The van der Waals surface area contributed by atoms with E-state index in [0.29, 0.717) is 5.02 Å². The molecule has 0 radical (unpaired) electrons. The molecule has 0 aliphatic heterocycles. The van der Waals surface area contributed by atoms with E-state index >= 15 is 0 Å². The van der Waals surface area contributed by atoms with Crippen molar-refractivity contribution in [3.8, 4) is 0 Å². The van der Waals surface area contributed by atoms with Crippen LogP contribution < -0.4 is 10.5 Å². The lowest BCUT2D eigenvalue weighted by atomic mass is 10.3. The molecule has 8 heteroatoms. The second kappa shape index (κ2) is 6.28. The maximum Gasteiger partial charge on any atom is 0.244 e. The molecule has 0 bridgehead atoms. The van der Waals surface area contributed by atoms with Crippen molar-refractivity contribution in [2.45, 2.75) is 17.9 Å². The first-order chi connectivity index (χ1) is 8.65. The Kier molecular flexibility index (Phi) is 5.46. The smallest absolute Gasteiger partial charge is 0.244 e. The quantitative estimate of drug-likeness (QED) is 0.809. The van der Waals surface area contributed by atoms with Gasteiger partial charge in [0.15, 0.2) is 0 Å². The number of hydrogen-bond donors (Lipinski definition) is 2. The van der Waals surface area contributed by atoms with Crippen LogP contribution in [-0.2, 0) is 10.0 Å². The lowest BCUT2D eigenvalue weighted by Gasteiger charge is -2.20. The zero-order valence-electron chi connectivity index (χ0n) is 10.9. The van der Waals surface area contributed by atoms with Crippen LogP contribution in [-0.4, -0.2) is 40.0 Å². The van der Waals surface area contributed by atoms with Crippen LogP contribution in [0, 0.1) is 0 Å². The first-order valence-electron chi connectivity index (χ1n) is 5.55. The fourth-order valence-electron chi connectivity index (χ4n) is 1.35. The summed E-state index contributed by atoms with van der Waals surface area (Å²) in [5, 5.41) is 0.304. The van der Waals surface area contributed by atoms with Gasteiger partial charge in [0, 0.05) is 17.6 Å². The molecule has 19 heavy (non-hydrogen) atoms. The molecule has 5 nitrogen and oxygen atoms in total. The van der Waals surface area contributed by atoms with Gasteiger partial charge < -0.3 is 10.6 Å². The molecule has 108 valence electrons. The third-order valence-electron chi connectivity index (χ3n) is 2.76. The van der Waals surface area contributed by atoms with E-state index < -0.39 is 10.0 Å². The second-order valence-electron chi connectivity index (χ2n) is 4.47. The maximum atomic E-state index is 12.2. The summed E-state index contributed by atoms with van der Waals surface area (Å²) in [6.45, 7) is 2.16. The number of rotatable bonds is 5. The van der Waals surface area contributed by atoms with Gasteiger partial charge in [0.25, 0.3) is 0 Å². The Balaban J connectivity index is 3.02. The molecule has 1 aromatic carbocycles. The topological polar surface area (TPSA) is 75.4 Å². The average molecular weight is 326 g/mol. The minimum absolute atomic E-state index is 0.00926. The lowest BCUT2D eigenvalue weighted by Crippen LogP contribution is -2.38. The van der Waals surface area contributed by atoms with Crippen LogP contribution in [0.25, 0.3) is 0 Å². The average Bonchev–Trinajstić information content (AvgIpc) is 2.23. The van der Waals surface area contributed by atoms with Crippen LogP contribution in [0.2, 0.25) is 10.0 Å². The zero-order chi connectivity index (χ0) is 14.8. The molecule has 3 N–H and O–H groups in total. The van der Waals surface area contributed by atoms with E-state index in [2.05, 4.69) is 4.72 Å². The molecule has 0 fully saturated rings. The van der Waals surface area contributed by atoms with Crippen LogP contribution in [0.15, 0.2) is 17.0 Å². The molecule has 1 rings (SSSR count). The summed E-state index contributed by atoms with van der Waals surface area (Å²) in [5.74, 6) is 0. The Morgan fingerprint density at radius 3 is 2.42 bits per heavy atom. The number of nitrogens with one attached hydrogen (secondary N) is 1. The molecule has 0 aliphatic rings. The first-order valence-corrected chi connectivity index (χ1v) is 7.79. The highest BCUT2D eigenvalue weighted by atomic mass is 35.5. The van der Waals surface area contributed by atoms with E-state index in [-0.39, 0.29) is 28.2 Å². The third kappa shape index (κ3) is 4.22. The summed E-state index contributed by atoms with van der Waals surface area (Å²) in [7, 11) is -0.0318. The van der Waals surface area contributed by atoms with Crippen LogP contribution in [0.4, 0.5) is 5.69 Å². The van der Waals surface area contributed by atoms with Crippen molar-refractivity contribution in [2.75, 3.05) is 26.4 Å². The highest BCUT2D eigenvalue weighted by Gasteiger charge is 2.22. The van der Waals surface area contributed by atoms with E-state index in [0.717, 1.165) is 0 Å². The van der Waals surface area contributed by atoms with Gasteiger partial charge >= 0.3 is 0 Å². The van der Waals surface area contributed by atoms with E-state index in [9.17, 15) is 8.42 Å². The van der Waals surface area contributed by atoms with E-state index in [1.54, 1.807) is 0 Å². The van der Waals surface area contributed by atoms with Gasteiger partial charge in [0.05, 0.1) is 10.7 Å². The Hall–Kier alpha value is -0.530. The predicted octanol–water partition coefficient (Wildman–Crippen LogP) is 1.80. The minimum Gasteiger partial charge on any atom is -0.398 e. The van der Waals surface area contributed by atoms with Gasteiger partial charge in [-0.1, -0.05) is 23.2 Å². The Labute approximate surface area is 123 Å². The molecular formula is C11H17Cl2N3O2S. The summed E-state index contributed by atoms with van der Waals surface area (Å²) < 4.78 is 26.8. The Morgan fingerprint density at radius 1 is 1.37 bits per heavy atom. The maximum absolute atomic E-state index is 12.2. The number of likely N-dealkylation sites (N-methyl/N-ethyl adjacent to an activating group) is 1. The van der Waals surface area contributed by atoms with Gasteiger partial charge in [-0.05, 0) is 33.2 Å². The molecule has 1 atom stereocenters. The standard InChI is InChI=1S/C11H17Cl2N3O2S/c1-7(16(2)3)6-15-19(17,18)11-9(13)4-8(12)5-10(11)14/h4-5,7,15H,6,14H2,1-3H3. The molecule has 0 spiro atoms. The minimum atomic E-state index is -3.76. The summed E-state index contributed by atoms with van der Waals surface area (Å²) in [6, 6.07) is 2.75. The Morgan fingerprint density at radius 2 is 1.95 bits per heavy atom. The summed E-state index contributed by atoms with van der Waals surface area (Å²) in [4.78, 5) is 1.76. The number of benzene rings is 1. The number of nitrogens with two attached hydrogens (primary N) is 1. The van der Waals surface area contributed by atoms with Crippen molar-refractivity contribution in [1.29, 1.82) is 0 Å². The molecule has 0 heterocycles. The SMILES string of the molecule is CC(CNS(=O)(=O)c1c(N)cc(Cl)cc1Cl)N(C)C. The van der Waals surface area contributed by atoms with Crippen molar-refractivity contribution < 1.29 is 8.42 Å². The number of anilines is 1. The fraction of sp³-hybridized carbons (Fsp3) is 0.455. The normalized spacial score (nSPS) is 13.8. The van der Waals surface area contributed by atoms with Gasteiger partial charge in [-0.2, -0.15) is 0 Å². The molecule has 0 aliphatic carbocycles. The number of hydrogen-bond acceptors (Lipinski definition) is 4. The Bertz CT molecular complexity index is 538. The van der Waals surface area contributed by atoms with Gasteiger partial charge in [-0.3, -0.25) is 0 Å². The van der Waals surface area contributed by atoms with Gasteiger partial charge in [0.1, 0.15) is 4.90 Å². The number of nitrogens with zero attached hydrogens (tertiary/aromatic N) is 1. The molecular weight excluding hydrogens is 309 g/mol. The largest absolute Gasteiger partial charge is 0.398 e. The third-order valence-corrected chi connectivity index (χ3v) is 4.92. The number of nitrogen functional groups attached to an aromatic ring is 1. The molecule has 0 saturated heterocycles. The molecule has 0 aromatic heterocycles. The van der Waals surface area contributed by atoms with Crippen LogP contribution in [0.3, 0.4) is 0 Å². The lowest BCUT2D eigenvalue weighted by molar-refractivity contribution is 0.314. The van der Waals surface area contributed by atoms with Crippen molar-refractivity contribution in [3.05, 3.63) is 22.2 Å². The van der Waals surface area contributed by atoms with Crippen LogP contribution in [0.5, 0.6) is 0 Å². The van der Waals surface area contributed by atoms with Crippen LogP contribution in [0.1, 0.15) is 6.92 Å². The zero-order valence-corrected chi connectivity index (χ0v) is 13.3. The van der Waals surface area contributed by atoms with E-state index in [4.69, 9.17) is 28.9 Å². The fourth-order valence-corrected chi connectivity index (χ4v) is 3.45. The van der Waals surface area contributed by atoms with E-state index in [1.807, 2.05) is 25.9 Å².